The Hall–Kier alpha value is 0.167. The monoisotopic (exact) mass is 305 g/mol. The maximum Gasteiger partial charge on any atom is 0.483 e. The summed E-state index contributed by atoms with van der Waals surface area (Å²) in [6, 6.07) is 0. The number of nitrogens with zero attached hydrogens (tertiary/aromatic N) is 1. The molecule has 1 atom stereocenters. The first-order valence-electron chi connectivity index (χ1n) is 5.13. The lowest BCUT2D eigenvalue weighted by molar-refractivity contribution is -0.870. The van der Waals surface area contributed by atoms with Crippen molar-refractivity contribution in [2.24, 2.45) is 0 Å². The van der Waals surface area contributed by atoms with E-state index in [0.29, 0.717) is 11.0 Å². The van der Waals surface area contributed by atoms with Crippen LogP contribution < -0.4 is 4.89 Å². The highest BCUT2D eigenvalue weighted by Crippen LogP contribution is 2.29. The summed E-state index contributed by atoms with van der Waals surface area (Å²) < 4.78 is 29.0. The third kappa shape index (κ3) is 18.5. The number of hydrogen-bond acceptors (Lipinski definition) is 6. The molecule has 0 fully saturated rings. The summed E-state index contributed by atoms with van der Waals surface area (Å²) in [6.45, 7) is 0.549. The fourth-order valence-corrected chi connectivity index (χ4v) is 1.61. The zero-order valence-corrected chi connectivity index (χ0v) is 13.8. The van der Waals surface area contributed by atoms with E-state index in [1.165, 1.54) is 0 Å². The van der Waals surface area contributed by atoms with Crippen molar-refractivity contribution in [2.75, 3.05) is 55.6 Å². The quantitative estimate of drug-likeness (QED) is 0.359. The Morgan fingerprint density at radius 1 is 1.17 bits per heavy atom. The maximum absolute atomic E-state index is 10.1. The number of phosphoric acid groups is 1. The van der Waals surface area contributed by atoms with Crippen LogP contribution in [0.1, 0.15) is 0 Å². The van der Waals surface area contributed by atoms with Gasteiger partial charge in [-0.1, -0.05) is 0 Å². The Bertz CT molecular complexity index is 233. The Labute approximate surface area is 110 Å². The van der Waals surface area contributed by atoms with Crippen LogP contribution in [0.5, 0.6) is 0 Å². The molecule has 0 aliphatic heterocycles. The van der Waals surface area contributed by atoms with Gasteiger partial charge in [-0.15, -0.1) is 0 Å². The van der Waals surface area contributed by atoms with Crippen LogP contribution in [0.2, 0.25) is 0 Å². The fourth-order valence-electron chi connectivity index (χ4n) is 0.719. The van der Waals surface area contributed by atoms with Gasteiger partial charge in [-0.05, 0) is 0 Å². The fraction of sp³-hybridized carbons (Fsp3) is 1.00. The van der Waals surface area contributed by atoms with E-state index in [0.717, 1.165) is 0 Å². The molecule has 1 N–H and O–H groups in total. The lowest BCUT2D eigenvalue weighted by Gasteiger charge is -2.25. The third-order valence-electron chi connectivity index (χ3n) is 1.59. The lowest BCUT2D eigenvalue weighted by Crippen LogP contribution is -2.37. The topological polar surface area (TPSA) is 97.3 Å². The van der Waals surface area contributed by atoms with Gasteiger partial charge in [0.2, 0.25) is 0 Å². The molecule has 0 saturated heterocycles. The van der Waals surface area contributed by atoms with Crippen LogP contribution in [-0.2, 0) is 22.4 Å². The summed E-state index contributed by atoms with van der Waals surface area (Å²) in [5, 5.41) is 0. The van der Waals surface area contributed by atoms with E-state index in [1.54, 1.807) is 21.3 Å². The van der Waals surface area contributed by atoms with Crippen LogP contribution in [0.4, 0.5) is 0 Å². The Kier molecular flexibility index (Phi) is 11.4. The molecule has 0 heterocycles. The molecule has 0 amide bonds. The van der Waals surface area contributed by atoms with Gasteiger partial charge in [0.25, 0.3) is 7.82 Å². The molecule has 0 spiro atoms. The van der Waals surface area contributed by atoms with E-state index in [-0.39, 0.29) is 6.61 Å². The average Bonchev–Trinajstić information content (AvgIpc) is 2.17. The summed E-state index contributed by atoms with van der Waals surface area (Å²) in [6.07, 6.45) is 0. The maximum atomic E-state index is 10.1. The second-order valence-corrected chi connectivity index (χ2v) is 7.50. The smallest absolute Gasteiger partial charge is 0.483 e. The molecule has 0 aromatic carbocycles. The van der Waals surface area contributed by atoms with Gasteiger partial charge in [0, 0.05) is 21.3 Å². The standard InChI is InChI=1S/C5H14NO4P.C3H10O3Si/c1-6(2,3)4-5-10-11(7,8)9;1-4-7(5-2)6-3/h4-5H2,1-3H3,(H-,7,8,9);7H,1-3H3. The Balaban J connectivity index is 0. The van der Waals surface area contributed by atoms with Crippen molar-refractivity contribution in [3.63, 3.8) is 0 Å². The highest BCUT2D eigenvalue weighted by Gasteiger charge is 2.09. The van der Waals surface area contributed by atoms with E-state index in [9.17, 15) is 9.46 Å². The van der Waals surface area contributed by atoms with Crippen molar-refractivity contribution in [2.45, 2.75) is 0 Å². The molecule has 0 saturated carbocycles. The minimum Gasteiger partial charge on any atom is -0.756 e. The van der Waals surface area contributed by atoms with Gasteiger partial charge in [0.1, 0.15) is 13.2 Å². The molecule has 18 heavy (non-hydrogen) atoms. The molecule has 0 aliphatic rings. The first kappa shape index (κ1) is 20.5. The molecule has 0 aromatic heterocycles. The van der Waals surface area contributed by atoms with Crippen molar-refractivity contribution in [3.05, 3.63) is 0 Å². The largest absolute Gasteiger partial charge is 0.756 e. The molecule has 0 rings (SSSR count). The van der Waals surface area contributed by atoms with Gasteiger partial charge < -0.3 is 32.1 Å². The molecule has 112 valence electrons. The van der Waals surface area contributed by atoms with Crippen LogP contribution in [0.3, 0.4) is 0 Å². The zero-order chi connectivity index (χ0) is 14.8. The van der Waals surface area contributed by atoms with Gasteiger partial charge >= 0.3 is 9.53 Å². The van der Waals surface area contributed by atoms with Gasteiger partial charge in [0.15, 0.2) is 0 Å². The predicted octanol–water partition coefficient (Wildman–Crippen LogP) is -1.19. The van der Waals surface area contributed by atoms with Crippen LogP contribution in [0.15, 0.2) is 0 Å². The van der Waals surface area contributed by atoms with Gasteiger partial charge in [-0.2, -0.15) is 0 Å². The normalized spacial score (nSPS) is 14.9. The SMILES string of the molecule is CO[SiH](OC)OC.C[N+](C)(C)CCOP(=O)([O-])O. The molecular weight excluding hydrogens is 281 g/mol. The van der Waals surface area contributed by atoms with E-state index in [1.807, 2.05) is 21.1 Å². The predicted molar refractivity (Wildman–Crippen MR) is 66.9 cm³/mol. The highest BCUT2D eigenvalue weighted by molar-refractivity contribution is 7.44. The summed E-state index contributed by atoms with van der Waals surface area (Å²) in [4.78, 5) is 18.3. The van der Waals surface area contributed by atoms with Gasteiger partial charge in [-0.3, -0.25) is 4.57 Å². The third-order valence-corrected chi connectivity index (χ3v) is 3.26. The van der Waals surface area contributed by atoms with Gasteiger partial charge in [0.05, 0.1) is 21.1 Å². The summed E-state index contributed by atoms with van der Waals surface area (Å²) in [5.41, 5.74) is 0. The molecule has 8 nitrogen and oxygen atoms in total. The molecule has 0 radical (unpaired) electrons. The van der Waals surface area contributed by atoms with Crippen molar-refractivity contribution in [1.82, 2.24) is 0 Å². The summed E-state index contributed by atoms with van der Waals surface area (Å²) in [7, 11) is 4.23. The van der Waals surface area contributed by atoms with Crippen LogP contribution >= 0.6 is 7.82 Å². The Morgan fingerprint density at radius 3 is 1.72 bits per heavy atom. The summed E-state index contributed by atoms with van der Waals surface area (Å²) in [5.74, 6) is 0. The number of quaternary nitrogens is 1. The highest BCUT2D eigenvalue weighted by atomic mass is 31.2. The van der Waals surface area contributed by atoms with E-state index < -0.39 is 17.3 Å². The average molecular weight is 305 g/mol. The van der Waals surface area contributed by atoms with Gasteiger partial charge in [-0.25, -0.2) is 0 Å². The van der Waals surface area contributed by atoms with E-state index in [2.05, 4.69) is 4.52 Å². The minimum atomic E-state index is -4.51. The molecule has 10 heteroatoms. The zero-order valence-electron chi connectivity index (χ0n) is 11.8. The molecular formula is C8H24NO7PSi. The number of likely N-dealkylation sites (N-methyl/N-ethyl adjacent to an activating group) is 1. The van der Waals surface area contributed by atoms with E-state index >= 15 is 0 Å². The number of rotatable bonds is 7. The number of phosphoric ester groups is 1. The Morgan fingerprint density at radius 2 is 1.56 bits per heavy atom. The van der Waals surface area contributed by atoms with Crippen molar-refractivity contribution < 1.29 is 36.6 Å². The minimum absolute atomic E-state index is 0.0147. The van der Waals surface area contributed by atoms with Crippen molar-refractivity contribution in [1.29, 1.82) is 0 Å². The molecule has 0 aromatic rings. The molecule has 1 unspecified atom stereocenters. The summed E-state index contributed by atoms with van der Waals surface area (Å²) >= 11 is 0. The molecule has 0 bridgehead atoms. The second-order valence-electron chi connectivity index (χ2n) is 4.31. The second kappa shape index (κ2) is 10.0. The molecule has 0 aliphatic carbocycles. The lowest BCUT2D eigenvalue weighted by atomic mass is 10.5. The van der Waals surface area contributed by atoms with E-state index in [4.69, 9.17) is 18.2 Å². The van der Waals surface area contributed by atoms with Crippen molar-refractivity contribution >= 4 is 17.3 Å². The first-order chi connectivity index (χ1) is 8.05. The van der Waals surface area contributed by atoms with Crippen LogP contribution in [0, 0.1) is 0 Å². The first-order valence-corrected chi connectivity index (χ1v) is 8.04. The van der Waals surface area contributed by atoms with Crippen molar-refractivity contribution in [3.8, 4) is 0 Å². The number of hydrogen-bond donors (Lipinski definition) is 1. The van der Waals surface area contributed by atoms with Crippen LogP contribution in [-0.4, -0.2) is 74.5 Å². The van der Waals surface area contributed by atoms with Crippen LogP contribution in [0.25, 0.3) is 0 Å².